The van der Waals surface area contributed by atoms with E-state index in [-0.39, 0.29) is 5.97 Å². The van der Waals surface area contributed by atoms with Gasteiger partial charge in [-0.1, -0.05) is 17.7 Å². The highest BCUT2D eigenvalue weighted by atomic mass is 35.5. The molecule has 1 heterocycles. The minimum absolute atomic E-state index is 0.340. The summed E-state index contributed by atoms with van der Waals surface area (Å²) in [6, 6.07) is 10.8. The lowest BCUT2D eigenvalue weighted by molar-refractivity contribution is 0.00695. The Hall–Kier alpha value is -2.40. The number of ether oxygens (including phenoxy) is 3. The smallest absolute Gasteiger partial charge is 0.338 e. The maximum absolute atomic E-state index is 12.4. The van der Waals surface area contributed by atoms with Gasteiger partial charge in [0.1, 0.15) is 23.7 Å². The van der Waals surface area contributed by atoms with Crippen LogP contribution in [0.4, 0.5) is 5.69 Å². The fraction of sp³-hybridized carbons (Fsp3) is 0.381. The Morgan fingerprint density at radius 2 is 1.93 bits per heavy atom. The van der Waals surface area contributed by atoms with Crippen LogP contribution in [0.5, 0.6) is 11.5 Å². The van der Waals surface area contributed by atoms with Crippen LogP contribution in [0.15, 0.2) is 36.4 Å². The van der Waals surface area contributed by atoms with E-state index in [0.717, 1.165) is 23.4 Å². The molecule has 5 nitrogen and oxygen atoms in total. The van der Waals surface area contributed by atoms with Crippen LogP contribution in [-0.2, 0) is 11.3 Å². The van der Waals surface area contributed by atoms with Crippen molar-refractivity contribution >= 4 is 23.3 Å². The number of rotatable bonds is 1. The van der Waals surface area contributed by atoms with E-state index >= 15 is 0 Å². The summed E-state index contributed by atoms with van der Waals surface area (Å²) in [6.07, 6.45) is 0.794. The molecule has 1 N–H and O–H groups in total. The Balaban J connectivity index is 1.85. The van der Waals surface area contributed by atoms with Gasteiger partial charge in [-0.15, -0.1) is 0 Å². The van der Waals surface area contributed by atoms with Crippen molar-refractivity contribution in [2.75, 3.05) is 18.5 Å². The van der Waals surface area contributed by atoms with Gasteiger partial charge in [0.15, 0.2) is 0 Å². The summed E-state index contributed by atoms with van der Waals surface area (Å²) in [7, 11) is 0. The van der Waals surface area contributed by atoms with Crippen LogP contribution in [-0.4, -0.2) is 24.7 Å². The molecule has 144 valence electrons. The minimum atomic E-state index is -0.541. The second kappa shape index (κ2) is 8.09. The van der Waals surface area contributed by atoms with Gasteiger partial charge < -0.3 is 19.5 Å². The lowest BCUT2D eigenvalue weighted by Gasteiger charge is -2.20. The van der Waals surface area contributed by atoms with E-state index in [9.17, 15) is 4.79 Å². The highest BCUT2D eigenvalue weighted by Crippen LogP contribution is 2.30. The second-order valence-corrected chi connectivity index (χ2v) is 7.82. The number of anilines is 1. The number of halogens is 1. The van der Waals surface area contributed by atoms with E-state index in [1.807, 2.05) is 32.9 Å². The molecule has 0 aliphatic carbocycles. The number of carbonyl (C=O) groups excluding carboxylic acids is 1. The quantitative estimate of drug-likeness (QED) is 0.690. The minimum Gasteiger partial charge on any atom is -0.493 e. The van der Waals surface area contributed by atoms with Crippen molar-refractivity contribution in [2.24, 2.45) is 0 Å². The molecule has 0 unspecified atom stereocenters. The Morgan fingerprint density at radius 1 is 1.11 bits per heavy atom. The van der Waals surface area contributed by atoms with Gasteiger partial charge in [-0.2, -0.15) is 0 Å². The van der Waals surface area contributed by atoms with E-state index in [0.29, 0.717) is 36.1 Å². The summed E-state index contributed by atoms with van der Waals surface area (Å²) in [6.45, 7) is 7.13. The van der Waals surface area contributed by atoms with E-state index in [1.54, 1.807) is 24.3 Å². The van der Waals surface area contributed by atoms with Crippen molar-refractivity contribution in [3.05, 3.63) is 52.5 Å². The molecule has 0 spiro atoms. The number of hydrogen-bond donors (Lipinski definition) is 1. The standard InChI is InChI=1S/C21H24ClNO4/c1-21(2,3)27-20(24)14-6-8-18-17(11-14)23-9-4-10-25-19-12-16(22)7-5-15(19)13-26-18/h5-8,11-12,23H,4,9-10,13H2,1-3H3. The second-order valence-electron chi connectivity index (χ2n) is 7.38. The zero-order chi connectivity index (χ0) is 19.4. The maximum atomic E-state index is 12.4. The Labute approximate surface area is 164 Å². The van der Waals surface area contributed by atoms with Crippen LogP contribution in [0.1, 0.15) is 43.1 Å². The molecule has 0 radical (unpaired) electrons. The number of fused-ring (bicyclic) bond motifs is 2. The zero-order valence-electron chi connectivity index (χ0n) is 15.8. The molecule has 0 atom stereocenters. The Kier molecular flexibility index (Phi) is 5.80. The molecule has 27 heavy (non-hydrogen) atoms. The van der Waals surface area contributed by atoms with Gasteiger partial charge in [-0.3, -0.25) is 0 Å². The van der Waals surface area contributed by atoms with Gasteiger partial charge in [0.05, 0.1) is 17.9 Å². The average molecular weight is 390 g/mol. The predicted molar refractivity (Wildman–Crippen MR) is 106 cm³/mol. The van der Waals surface area contributed by atoms with Crippen LogP contribution in [0.25, 0.3) is 0 Å². The number of esters is 1. The summed E-state index contributed by atoms with van der Waals surface area (Å²) >= 11 is 6.07. The molecule has 0 saturated heterocycles. The fourth-order valence-electron chi connectivity index (χ4n) is 2.67. The average Bonchev–Trinajstić information content (AvgIpc) is 2.63. The number of nitrogens with one attached hydrogen (secondary N) is 1. The monoisotopic (exact) mass is 389 g/mol. The molecule has 2 aromatic carbocycles. The number of benzene rings is 2. The highest BCUT2D eigenvalue weighted by molar-refractivity contribution is 6.30. The van der Waals surface area contributed by atoms with Crippen molar-refractivity contribution in [3.8, 4) is 11.5 Å². The summed E-state index contributed by atoms with van der Waals surface area (Å²) in [4.78, 5) is 12.4. The SMILES string of the molecule is CC(C)(C)OC(=O)c1ccc2c(c1)NCCCOc1cc(Cl)ccc1CO2. The molecule has 2 aromatic rings. The Morgan fingerprint density at radius 3 is 2.70 bits per heavy atom. The first-order valence-electron chi connectivity index (χ1n) is 8.97. The molecule has 0 aromatic heterocycles. The van der Waals surface area contributed by atoms with Gasteiger partial charge >= 0.3 is 5.97 Å². The third-order valence-corrected chi connectivity index (χ3v) is 4.16. The molecular weight excluding hydrogens is 366 g/mol. The van der Waals surface area contributed by atoms with Crippen LogP contribution in [0.3, 0.4) is 0 Å². The fourth-order valence-corrected chi connectivity index (χ4v) is 2.83. The molecule has 0 fully saturated rings. The lowest BCUT2D eigenvalue weighted by Crippen LogP contribution is -2.24. The van der Waals surface area contributed by atoms with Crippen LogP contribution in [0, 0.1) is 0 Å². The van der Waals surface area contributed by atoms with Gasteiger partial charge in [0, 0.05) is 17.1 Å². The molecule has 0 saturated carbocycles. The van der Waals surface area contributed by atoms with Gasteiger partial charge in [0.2, 0.25) is 0 Å². The molecular formula is C21H24ClNO4. The topological polar surface area (TPSA) is 56.8 Å². The van der Waals surface area contributed by atoms with Crippen molar-refractivity contribution in [1.29, 1.82) is 0 Å². The van der Waals surface area contributed by atoms with Gasteiger partial charge in [-0.25, -0.2) is 4.79 Å². The molecule has 1 aliphatic rings. The summed E-state index contributed by atoms with van der Waals surface area (Å²) in [5.74, 6) is 1.05. The first-order valence-corrected chi connectivity index (χ1v) is 9.35. The maximum Gasteiger partial charge on any atom is 0.338 e. The molecule has 0 amide bonds. The molecule has 0 bridgehead atoms. The predicted octanol–water partition coefficient (Wildman–Crippen LogP) is 5.07. The van der Waals surface area contributed by atoms with E-state index in [4.69, 9.17) is 25.8 Å². The Bertz CT molecular complexity index is 829. The molecule has 6 heteroatoms. The first kappa shape index (κ1) is 19.4. The molecule has 3 rings (SSSR count). The number of carbonyl (C=O) groups is 1. The van der Waals surface area contributed by atoms with Gasteiger partial charge in [-0.05, 0) is 57.5 Å². The highest BCUT2D eigenvalue weighted by Gasteiger charge is 2.19. The van der Waals surface area contributed by atoms with Crippen molar-refractivity contribution < 1.29 is 19.0 Å². The summed E-state index contributed by atoms with van der Waals surface area (Å²) < 4.78 is 17.3. The van der Waals surface area contributed by atoms with E-state index < -0.39 is 5.60 Å². The van der Waals surface area contributed by atoms with Crippen LogP contribution < -0.4 is 14.8 Å². The first-order chi connectivity index (χ1) is 12.8. The third-order valence-electron chi connectivity index (χ3n) is 3.92. The third kappa shape index (κ3) is 5.30. The normalized spacial score (nSPS) is 14.4. The van der Waals surface area contributed by atoms with Crippen LogP contribution in [0.2, 0.25) is 5.02 Å². The van der Waals surface area contributed by atoms with E-state index in [1.165, 1.54) is 0 Å². The zero-order valence-corrected chi connectivity index (χ0v) is 16.6. The summed E-state index contributed by atoms with van der Waals surface area (Å²) in [5.41, 5.74) is 1.62. The summed E-state index contributed by atoms with van der Waals surface area (Å²) in [5, 5.41) is 3.95. The van der Waals surface area contributed by atoms with Crippen molar-refractivity contribution in [1.82, 2.24) is 0 Å². The largest absolute Gasteiger partial charge is 0.493 e. The molecule has 1 aliphatic heterocycles. The van der Waals surface area contributed by atoms with E-state index in [2.05, 4.69) is 5.32 Å². The van der Waals surface area contributed by atoms with Gasteiger partial charge in [0.25, 0.3) is 0 Å². The van der Waals surface area contributed by atoms with Crippen LogP contribution >= 0.6 is 11.6 Å². The van der Waals surface area contributed by atoms with Crippen molar-refractivity contribution in [3.63, 3.8) is 0 Å². The van der Waals surface area contributed by atoms with Crippen molar-refractivity contribution in [2.45, 2.75) is 39.4 Å². The number of hydrogen-bond acceptors (Lipinski definition) is 5. The lowest BCUT2D eigenvalue weighted by atomic mass is 10.1.